The molecule has 0 amide bonds. The van der Waals surface area contributed by atoms with Crippen molar-refractivity contribution in [1.29, 1.82) is 0 Å². The summed E-state index contributed by atoms with van der Waals surface area (Å²) >= 11 is 1.72. The monoisotopic (exact) mass is 307 g/mol. The minimum absolute atomic E-state index is 0.102. The topological polar surface area (TPSA) is 50.2 Å². The van der Waals surface area contributed by atoms with E-state index >= 15 is 0 Å². The first-order valence-corrected chi connectivity index (χ1v) is 7.82. The van der Waals surface area contributed by atoms with E-state index in [4.69, 9.17) is 0 Å². The van der Waals surface area contributed by atoms with Gasteiger partial charge in [0.15, 0.2) is 5.65 Å². The fourth-order valence-corrected chi connectivity index (χ4v) is 3.41. The van der Waals surface area contributed by atoms with Gasteiger partial charge in [0.25, 0.3) is 5.56 Å². The van der Waals surface area contributed by atoms with Crippen LogP contribution in [0.2, 0.25) is 0 Å². The molecule has 5 heteroatoms. The Hall–Kier alpha value is -2.66. The van der Waals surface area contributed by atoms with Crippen LogP contribution in [0.5, 0.6) is 0 Å². The summed E-state index contributed by atoms with van der Waals surface area (Å²) < 4.78 is 1.48. The number of H-pyrrole nitrogens is 1. The van der Waals surface area contributed by atoms with Gasteiger partial charge in [-0.2, -0.15) is 0 Å². The van der Waals surface area contributed by atoms with Gasteiger partial charge in [-0.1, -0.05) is 30.3 Å². The number of hydrogen-bond donors (Lipinski definition) is 1. The molecule has 1 N–H and O–H groups in total. The lowest BCUT2D eigenvalue weighted by Crippen LogP contribution is -2.12. The maximum Gasteiger partial charge on any atom is 0.272 e. The molecule has 3 heterocycles. The van der Waals surface area contributed by atoms with Crippen LogP contribution in [0.25, 0.3) is 27.2 Å². The zero-order chi connectivity index (χ0) is 15.1. The van der Waals surface area contributed by atoms with E-state index in [1.807, 2.05) is 13.0 Å². The Morgan fingerprint density at radius 3 is 2.59 bits per heavy atom. The maximum atomic E-state index is 11.9. The molecule has 1 aromatic carbocycles. The molecule has 0 bridgehead atoms. The molecule has 0 saturated heterocycles. The van der Waals surface area contributed by atoms with E-state index in [9.17, 15) is 4.79 Å². The summed E-state index contributed by atoms with van der Waals surface area (Å²) in [5, 5.41) is 5.15. The van der Waals surface area contributed by atoms with Crippen molar-refractivity contribution >= 4 is 17.0 Å². The van der Waals surface area contributed by atoms with E-state index in [1.165, 1.54) is 21.0 Å². The second-order valence-corrected chi connectivity index (χ2v) is 6.06. The van der Waals surface area contributed by atoms with E-state index < -0.39 is 0 Å². The standard InChI is InChI=1S/C17H13N3OS/c1-11-16(17-18-9-8-15(21)20(17)19-11)13-6-4-12(5-7-13)14-3-2-10-22-14/h2-10,19H,1H3. The predicted octanol–water partition coefficient (Wildman–Crippen LogP) is 3.73. The fourth-order valence-electron chi connectivity index (χ4n) is 2.67. The Morgan fingerprint density at radius 1 is 1.09 bits per heavy atom. The fraction of sp³-hybridized carbons (Fsp3) is 0.0588. The summed E-state index contributed by atoms with van der Waals surface area (Å²) in [4.78, 5) is 17.5. The Kier molecular flexibility index (Phi) is 2.94. The number of thiophene rings is 1. The molecule has 0 aliphatic heterocycles. The number of nitrogens with one attached hydrogen (secondary N) is 1. The van der Waals surface area contributed by atoms with Crippen molar-refractivity contribution < 1.29 is 0 Å². The van der Waals surface area contributed by atoms with Crippen LogP contribution in [-0.2, 0) is 0 Å². The molecule has 4 nitrogen and oxygen atoms in total. The molecule has 0 saturated carbocycles. The number of hydrogen-bond acceptors (Lipinski definition) is 3. The summed E-state index contributed by atoms with van der Waals surface area (Å²) in [6, 6.07) is 14.0. The second-order valence-electron chi connectivity index (χ2n) is 5.11. The molecule has 4 rings (SSSR count). The van der Waals surface area contributed by atoms with Gasteiger partial charge in [0.05, 0.1) is 0 Å². The molecular formula is C17H13N3OS. The van der Waals surface area contributed by atoms with Crippen LogP contribution in [-0.4, -0.2) is 14.6 Å². The Bertz CT molecular complexity index is 995. The number of rotatable bonds is 2. The lowest BCUT2D eigenvalue weighted by Gasteiger charge is -2.03. The highest BCUT2D eigenvalue weighted by Crippen LogP contribution is 2.30. The highest BCUT2D eigenvalue weighted by Gasteiger charge is 2.12. The van der Waals surface area contributed by atoms with E-state index in [-0.39, 0.29) is 5.56 Å². The first-order valence-electron chi connectivity index (χ1n) is 6.95. The van der Waals surface area contributed by atoms with Crippen molar-refractivity contribution in [3.05, 3.63) is 70.1 Å². The number of nitrogens with zero attached hydrogens (tertiary/aromatic N) is 2. The molecule has 0 aliphatic carbocycles. The summed E-state index contributed by atoms with van der Waals surface area (Å²) in [5.41, 5.74) is 4.70. The van der Waals surface area contributed by atoms with E-state index in [2.05, 4.69) is 45.8 Å². The molecule has 4 aromatic rings. The van der Waals surface area contributed by atoms with Crippen LogP contribution in [0.4, 0.5) is 0 Å². The SMILES string of the molecule is Cc1[nH]n2c(=O)ccnc2c1-c1ccc(-c2cccs2)cc1. The summed E-state index contributed by atoms with van der Waals surface area (Å²) in [7, 11) is 0. The van der Waals surface area contributed by atoms with E-state index in [1.54, 1.807) is 17.5 Å². The summed E-state index contributed by atoms with van der Waals surface area (Å²) in [6.07, 6.45) is 1.55. The van der Waals surface area contributed by atoms with Crippen LogP contribution in [0.1, 0.15) is 5.69 Å². The van der Waals surface area contributed by atoms with Gasteiger partial charge in [-0.25, -0.2) is 9.50 Å². The second kappa shape index (κ2) is 4.96. The number of benzene rings is 1. The van der Waals surface area contributed by atoms with Gasteiger partial charge in [-0.05, 0) is 29.5 Å². The first-order chi connectivity index (χ1) is 10.7. The molecule has 22 heavy (non-hydrogen) atoms. The number of aromatic nitrogens is 3. The van der Waals surface area contributed by atoms with Crippen LogP contribution >= 0.6 is 11.3 Å². The quantitative estimate of drug-likeness (QED) is 0.613. The Balaban J connectivity index is 1.87. The molecular weight excluding hydrogens is 294 g/mol. The smallest absolute Gasteiger partial charge is 0.272 e. The van der Waals surface area contributed by atoms with Crippen molar-refractivity contribution in [3.63, 3.8) is 0 Å². The molecule has 0 radical (unpaired) electrons. The predicted molar refractivity (Wildman–Crippen MR) is 89.3 cm³/mol. The molecule has 0 unspecified atom stereocenters. The minimum atomic E-state index is -0.102. The summed E-state index contributed by atoms with van der Waals surface area (Å²) in [5.74, 6) is 0. The van der Waals surface area contributed by atoms with Crippen molar-refractivity contribution in [1.82, 2.24) is 14.6 Å². The maximum absolute atomic E-state index is 11.9. The van der Waals surface area contributed by atoms with Gasteiger partial charge in [0, 0.05) is 28.4 Å². The van der Waals surface area contributed by atoms with Crippen LogP contribution in [0.15, 0.2) is 58.8 Å². The molecule has 0 atom stereocenters. The number of fused-ring (bicyclic) bond motifs is 1. The molecule has 0 aliphatic rings. The number of aromatic amines is 1. The molecule has 0 spiro atoms. The highest BCUT2D eigenvalue weighted by molar-refractivity contribution is 7.13. The third-order valence-electron chi connectivity index (χ3n) is 3.70. The number of aryl methyl sites for hydroxylation is 1. The van der Waals surface area contributed by atoms with Gasteiger partial charge < -0.3 is 0 Å². The average molecular weight is 307 g/mol. The molecule has 0 fully saturated rings. The minimum Gasteiger partial charge on any atom is -0.293 e. The van der Waals surface area contributed by atoms with Crippen LogP contribution in [0.3, 0.4) is 0 Å². The van der Waals surface area contributed by atoms with Crippen molar-refractivity contribution in [2.24, 2.45) is 0 Å². The van der Waals surface area contributed by atoms with Crippen LogP contribution in [0, 0.1) is 6.92 Å². The average Bonchev–Trinajstić information content (AvgIpc) is 3.16. The normalized spacial score (nSPS) is 11.1. The first kappa shape index (κ1) is 13.0. The Labute approximate surface area is 130 Å². The van der Waals surface area contributed by atoms with Gasteiger partial charge >= 0.3 is 0 Å². The van der Waals surface area contributed by atoms with Crippen molar-refractivity contribution in [3.8, 4) is 21.6 Å². The van der Waals surface area contributed by atoms with Gasteiger partial charge in [-0.15, -0.1) is 11.3 Å². The summed E-state index contributed by atoms with van der Waals surface area (Å²) in [6.45, 7) is 1.95. The largest absolute Gasteiger partial charge is 0.293 e. The highest BCUT2D eigenvalue weighted by atomic mass is 32.1. The molecule has 3 aromatic heterocycles. The third kappa shape index (κ3) is 1.98. The lowest BCUT2D eigenvalue weighted by molar-refractivity contribution is 0.881. The third-order valence-corrected chi connectivity index (χ3v) is 4.62. The Morgan fingerprint density at radius 2 is 1.86 bits per heavy atom. The van der Waals surface area contributed by atoms with E-state index in [0.29, 0.717) is 5.65 Å². The van der Waals surface area contributed by atoms with Crippen molar-refractivity contribution in [2.45, 2.75) is 6.92 Å². The zero-order valence-electron chi connectivity index (χ0n) is 11.9. The molecule has 108 valence electrons. The van der Waals surface area contributed by atoms with Crippen molar-refractivity contribution in [2.75, 3.05) is 0 Å². The van der Waals surface area contributed by atoms with E-state index in [0.717, 1.165) is 16.8 Å². The zero-order valence-corrected chi connectivity index (χ0v) is 12.7. The van der Waals surface area contributed by atoms with Gasteiger partial charge in [0.1, 0.15) is 0 Å². The van der Waals surface area contributed by atoms with Gasteiger partial charge in [0.2, 0.25) is 0 Å². The van der Waals surface area contributed by atoms with Gasteiger partial charge in [-0.3, -0.25) is 9.89 Å². The van der Waals surface area contributed by atoms with Crippen LogP contribution < -0.4 is 5.56 Å². The lowest BCUT2D eigenvalue weighted by atomic mass is 10.0.